The summed E-state index contributed by atoms with van der Waals surface area (Å²) < 4.78 is 15.0. The summed E-state index contributed by atoms with van der Waals surface area (Å²) in [5, 5.41) is 9.23. The van der Waals surface area contributed by atoms with Gasteiger partial charge in [-0.15, -0.1) is 11.3 Å². The van der Waals surface area contributed by atoms with Gasteiger partial charge in [0.1, 0.15) is 17.3 Å². The Morgan fingerprint density at radius 1 is 0.970 bits per heavy atom. The van der Waals surface area contributed by atoms with Crippen molar-refractivity contribution in [1.82, 2.24) is 19.7 Å². The SMILES string of the molecule is O=C(Nc1cc(-c2cccs2)nn1-c1nc(-c2ccccc2)cc(=O)[nH]1)c1cccc(F)c1. The van der Waals surface area contributed by atoms with E-state index in [1.54, 1.807) is 6.07 Å². The first-order valence-corrected chi connectivity index (χ1v) is 10.8. The molecule has 2 N–H and O–H groups in total. The quantitative estimate of drug-likeness (QED) is 0.399. The van der Waals surface area contributed by atoms with Crippen LogP contribution in [0.5, 0.6) is 0 Å². The minimum Gasteiger partial charge on any atom is -0.306 e. The number of hydrogen-bond donors (Lipinski definition) is 2. The number of anilines is 1. The molecule has 0 atom stereocenters. The molecule has 0 fully saturated rings. The average molecular weight is 457 g/mol. The molecule has 0 aliphatic rings. The number of nitrogens with zero attached hydrogens (tertiary/aromatic N) is 3. The van der Waals surface area contributed by atoms with Crippen LogP contribution in [0.2, 0.25) is 0 Å². The van der Waals surface area contributed by atoms with Crippen LogP contribution in [-0.2, 0) is 0 Å². The summed E-state index contributed by atoms with van der Waals surface area (Å²) in [5.41, 5.74) is 1.60. The lowest BCUT2D eigenvalue weighted by Crippen LogP contribution is -2.18. The predicted molar refractivity (Wildman–Crippen MR) is 125 cm³/mol. The summed E-state index contributed by atoms with van der Waals surface area (Å²) in [4.78, 5) is 33.3. The highest BCUT2D eigenvalue weighted by Gasteiger charge is 2.18. The Hall–Kier alpha value is -4.37. The molecule has 3 heterocycles. The lowest BCUT2D eigenvalue weighted by atomic mass is 10.1. The van der Waals surface area contributed by atoms with Gasteiger partial charge >= 0.3 is 0 Å². The first-order valence-electron chi connectivity index (χ1n) is 9.95. The summed E-state index contributed by atoms with van der Waals surface area (Å²) in [7, 11) is 0. The zero-order valence-electron chi connectivity index (χ0n) is 17.0. The first kappa shape index (κ1) is 20.5. The monoisotopic (exact) mass is 457 g/mol. The Morgan fingerprint density at radius 2 is 1.82 bits per heavy atom. The molecule has 0 unspecified atom stereocenters. The number of aromatic nitrogens is 4. The highest BCUT2D eigenvalue weighted by Crippen LogP contribution is 2.28. The lowest BCUT2D eigenvalue weighted by Gasteiger charge is -2.09. The molecule has 0 aliphatic carbocycles. The molecule has 0 spiro atoms. The summed E-state index contributed by atoms with van der Waals surface area (Å²) in [6.45, 7) is 0. The fourth-order valence-electron chi connectivity index (χ4n) is 3.30. The number of carbonyl (C=O) groups is 1. The number of hydrogen-bond acceptors (Lipinski definition) is 5. The fourth-order valence-corrected chi connectivity index (χ4v) is 3.98. The number of rotatable bonds is 5. The van der Waals surface area contributed by atoms with E-state index in [1.807, 2.05) is 47.8 Å². The molecule has 0 saturated heterocycles. The zero-order valence-corrected chi connectivity index (χ0v) is 17.8. The number of halogens is 1. The number of carbonyl (C=O) groups excluding carboxylic acids is 1. The highest BCUT2D eigenvalue weighted by molar-refractivity contribution is 7.13. The van der Waals surface area contributed by atoms with Crippen molar-refractivity contribution < 1.29 is 9.18 Å². The zero-order chi connectivity index (χ0) is 22.8. The van der Waals surface area contributed by atoms with Gasteiger partial charge in [-0.1, -0.05) is 42.5 Å². The molecule has 9 heteroatoms. The molecule has 1 amide bonds. The molecule has 3 aromatic heterocycles. The van der Waals surface area contributed by atoms with Gasteiger partial charge in [0.2, 0.25) is 5.95 Å². The minimum atomic E-state index is -0.519. The summed E-state index contributed by atoms with van der Waals surface area (Å²) in [5.74, 6) is -0.619. The van der Waals surface area contributed by atoms with Crippen LogP contribution < -0.4 is 10.9 Å². The Kier molecular flexibility index (Phi) is 5.37. The maximum Gasteiger partial charge on any atom is 0.256 e. The van der Waals surface area contributed by atoms with Crippen molar-refractivity contribution in [2.75, 3.05) is 5.32 Å². The smallest absolute Gasteiger partial charge is 0.256 e. The topological polar surface area (TPSA) is 92.7 Å². The van der Waals surface area contributed by atoms with Gasteiger partial charge in [0.25, 0.3) is 11.5 Å². The van der Waals surface area contributed by atoms with E-state index in [0.717, 1.165) is 16.5 Å². The molecular formula is C24H16FN5O2S. The third-order valence-corrected chi connectivity index (χ3v) is 5.70. The Bertz CT molecular complexity index is 1490. The van der Waals surface area contributed by atoms with Crippen LogP contribution in [0.4, 0.5) is 10.2 Å². The van der Waals surface area contributed by atoms with Crippen LogP contribution in [0.25, 0.3) is 27.8 Å². The third kappa shape index (κ3) is 4.35. The third-order valence-electron chi connectivity index (χ3n) is 4.81. The number of amides is 1. The second-order valence-corrected chi connectivity index (χ2v) is 8.04. The average Bonchev–Trinajstić information content (AvgIpc) is 3.49. The molecule has 162 valence electrons. The number of H-pyrrole nitrogens is 1. The van der Waals surface area contributed by atoms with Crippen LogP contribution in [0.15, 0.2) is 89.0 Å². The van der Waals surface area contributed by atoms with Gasteiger partial charge in [0.15, 0.2) is 0 Å². The highest BCUT2D eigenvalue weighted by atomic mass is 32.1. The van der Waals surface area contributed by atoms with E-state index in [9.17, 15) is 14.0 Å². The molecule has 33 heavy (non-hydrogen) atoms. The standard InChI is InChI=1S/C24H16FN5O2S/c25-17-9-4-8-16(12-17)23(32)27-21-13-19(20-10-5-11-33-20)29-30(21)24-26-18(14-22(31)28-24)15-6-2-1-3-7-15/h1-14H,(H,27,32)(H,26,28,31). The van der Waals surface area contributed by atoms with E-state index >= 15 is 0 Å². The minimum absolute atomic E-state index is 0.138. The summed E-state index contributed by atoms with van der Waals surface area (Å²) in [6, 6.07) is 21.5. The second-order valence-electron chi connectivity index (χ2n) is 7.09. The normalized spacial score (nSPS) is 10.8. The fraction of sp³-hybridized carbons (Fsp3) is 0. The molecule has 0 bridgehead atoms. The van der Waals surface area contributed by atoms with Gasteiger partial charge in [-0.3, -0.25) is 14.6 Å². The largest absolute Gasteiger partial charge is 0.306 e. The molecule has 0 aliphatic heterocycles. The van der Waals surface area contributed by atoms with Gasteiger partial charge < -0.3 is 5.32 Å². The van der Waals surface area contributed by atoms with E-state index in [0.29, 0.717) is 11.4 Å². The van der Waals surface area contributed by atoms with Crippen molar-refractivity contribution in [2.45, 2.75) is 0 Å². The van der Waals surface area contributed by atoms with E-state index < -0.39 is 11.7 Å². The van der Waals surface area contributed by atoms with Crippen LogP contribution in [-0.4, -0.2) is 25.7 Å². The molecule has 0 saturated carbocycles. The number of thiophene rings is 1. The molecule has 7 nitrogen and oxygen atoms in total. The molecule has 0 radical (unpaired) electrons. The molecule has 5 aromatic rings. The van der Waals surface area contributed by atoms with Crippen molar-refractivity contribution in [1.29, 1.82) is 0 Å². The Labute approximate surface area is 191 Å². The van der Waals surface area contributed by atoms with Gasteiger partial charge in [0, 0.05) is 23.3 Å². The van der Waals surface area contributed by atoms with Gasteiger partial charge in [0.05, 0.1) is 10.6 Å². The maximum atomic E-state index is 13.6. The van der Waals surface area contributed by atoms with Gasteiger partial charge in [-0.2, -0.15) is 9.78 Å². The van der Waals surface area contributed by atoms with Gasteiger partial charge in [-0.05, 0) is 29.6 Å². The van der Waals surface area contributed by atoms with Crippen LogP contribution in [0.1, 0.15) is 10.4 Å². The van der Waals surface area contributed by atoms with Crippen molar-refractivity contribution in [3.63, 3.8) is 0 Å². The molecular weight excluding hydrogens is 441 g/mol. The second kappa shape index (κ2) is 8.64. The van der Waals surface area contributed by atoms with Crippen LogP contribution >= 0.6 is 11.3 Å². The van der Waals surface area contributed by atoms with Crippen molar-refractivity contribution in [3.8, 4) is 27.8 Å². The van der Waals surface area contributed by atoms with Crippen molar-refractivity contribution in [3.05, 3.63) is 106 Å². The lowest BCUT2D eigenvalue weighted by molar-refractivity contribution is 0.102. The predicted octanol–water partition coefficient (Wildman–Crippen LogP) is 4.74. The molecule has 2 aromatic carbocycles. The summed E-state index contributed by atoms with van der Waals surface area (Å²) in [6.07, 6.45) is 0. The van der Waals surface area contributed by atoms with E-state index in [1.165, 1.54) is 40.3 Å². The van der Waals surface area contributed by atoms with Gasteiger partial charge in [-0.25, -0.2) is 9.37 Å². The summed E-state index contributed by atoms with van der Waals surface area (Å²) >= 11 is 1.48. The van der Waals surface area contributed by atoms with Crippen LogP contribution in [0, 0.1) is 5.82 Å². The molecule has 5 rings (SSSR count). The number of benzene rings is 2. The van der Waals surface area contributed by atoms with E-state index in [-0.39, 0.29) is 22.9 Å². The van der Waals surface area contributed by atoms with Crippen molar-refractivity contribution >= 4 is 23.1 Å². The van der Waals surface area contributed by atoms with E-state index in [4.69, 9.17) is 0 Å². The maximum absolute atomic E-state index is 13.6. The Morgan fingerprint density at radius 3 is 2.58 bits per heavy atom. The van der Waals surface area contributed by atoms with E-state index in [2.05, 4.69) is 20.4 Å². The first-order chi connectivity index (χ1) is 16.1. The van der Waals surface area contributed by atoms with Crippen molar-refractivity contribution in [2.24, 2.45) is 0 Å². The number of aromatic amines is 1. The number of nitrogens with one attached hydrogen (secondary N) is 2. The Balaban J connectivity index is 1.60. The van der Waals surface area contributed by atoms with Crippen LogP contribution in [0.3, 0.4) is 0 Å².